The van der Waals surface area contributed by atoms with Gasteiger partial charge in [-0.15, -0.1) is 0 Å². The highest BCUT2D eigenvalue weighted by atomic mass is 14.6. The van der Waals surface area contributed by atoms with Gasteiger partial charge in [0.05, 0.1) is 16.2 Å². The van der Waals surface area contributed by atoms with Crippen LogP contribution in [0, 0.1) is 0 Å². The standard InChI is InChI=1S/3C25H16.C16H10.C14H10.C10H8/c3*1-5-13-21-17(9-1)18-10-2-6-14-22(18)25(21)23-15-7-3-11-19(23)20-12-4-8-16-24(20)25;1-3-11-7-9-13-5-2-6-14-10-8-12(4-1)15(11)16(13)14;1-2-6-12-10-14-8-4-3-7-13(14)9-11(12)5-1;1-2-6-10-8-4-3-7-9(10)5-1/h3*1-16H;1-10H;1-10H;1-8H. The van der Waals surface area contributed by atoms with Gasteiger partial charge in [0, 0.05) is 0 Å². The van der Waals surface area contributed by atoms with Gasteiger partial charge in [-0.25, -0.2) is 0 Å². The molecule has 0 bridgehead atoms. The molecule has 0 aliphatic heterocycles. The second-order valence-corrected chi connectivity index (χ2v) is 31.0. The summed E-state index contributed by atoms with van der Waals surface area (Å²) in [7, 11) is 0. The minimum absolute atomic E-state index is 0.180. The van der Waals surface area contributed by atoms with Crippen molar-refractivity contribution in [2.24, 2.45) is 0 Å². The first kappa shape index (κ1) is 67.3. The van der Waals surface area contributed by atoms with Gasteiger partial charge < -0.3 is 0 Å². The average Bonchev–Trinajstić information content (AvgIpc) is 1.52. The summed E-state index contributed by atoms with van der Waals surface area (Å²) in [6.45, 7) is 0. The molecule has 0 amide bonds. The van der Waals surface area contributed by atoms with Crippen molar-refractivity contribution in [2.45, 2.75) is 16.2 Å². The number of benzene rings is 21. The summed E-state index contributed by atoms with van der Waals surface area (Å²) in [5.41, 5.74) is 32.8. The number of fused-ring (bicyclic) bond motifs is 33. The molecule has 21 aromatic carbocycles. The number of hydrogen-bond acceptors (Lipinski definition) is 0. The van der Waals surface area contributed by atoms with Crippen LogP contribution in [-0.4, -0.2) is 0 Å². The van der Waals surface area contributed by atoms with Gasteiger partial charge in [0.2, 0.25) is 0 Å². The molecule has 0 heteroatoms. The summed E-state index contributed by atoms with van der Waals surface area (Å²) in [4.78, 5) is 0. The fourth-order valence-corrected chi connectivity index (χ4v) is 20.8. The van der Waals surface area contributed by atoms with E-state index in [1.54, 1.807) is 0 Å². The highest BCUT2D eigenvalue weighted by Crippen LogP contribution is 2.66. The van der Waals surface area contributed by atoms with Crippen molar-refractivity contribution in [1.29, 1.82) is 0 Å². The molecule has 6 aliphatic rings. The van der Waals surface area contributed by atoms with Crippen molar-refractivity contribution in [1.82, 2.24) is 0 Å². The summed E-state index contributed by atoms with van der Waals surface area (Å²) in [5, 5.41) is 16.0. The lowest BCUT2D eigenvalue weighted by molar-refractivity contribution is 0.794. The highest BCUT2D eigenvalue weighted by molar-refractivity contribution is 6.23. The van der Waals surface area contributed by atoms with Gasteiger partial charge in [-0.3, -0.25) is 0 Å². The Bertz CT molecular complexity index is 6080. The molecule has 0 radical (unpaired) electrons. The first-order chi connectivity index (χ1) is 57.1. The van der Waals surface area contributed by atoms with Crippen LogP contribution in [0.5, 0.6) is 0 Å². The zero-order chi connectivity index (χ0) is 76.0. The molecule has 27 rings (SSSR count). The molecule has 0 N–H and O–H groups in total. The summed E-state index contributed by atoms with van der Waals surface area (Å²) in [6.07, 6.45) is 0. The van der Waals surface area contributed by atoms with Crippen molar-refractivity contribution in [3.05, 3.63) is 528 Å². The van der Waals surface area contributed by atoms with Crippen molar-refractivity contribution >= 4 is 64.6 Å². The molecule has 0 saturated carbocycles. The molecule has 0 aromatic heterocycles. The topological polar surface area (TPSA) is 0 Å². The normalized spacial score (nSPS) is 13.4. The van der Waals surface area contributed by atoms with Crippen LogP contribution in [0.4, 0.5) is 0 Å². The Balaban J connectivity index is 0.0000000860. The Kier molecular flexibility index (Phi) is 16.1. The van der Waals surface area contributed by atoms with Crippen LogP contribution in [0.25, 0.3) is 131 Å². The van der Waals surface area contributed by atoms with Gasteiger partial charge in [0.15, 0.2) is 0 Å². The van der Waals surface area contributed by atoms with E-state index in [0.717, 1.165) is 0 Å². The minimum atomic E-state index is -0.180. The van der Waals surface area contributed by atoms with E-state index in [4.69, 9.17) is 0 Å². The van der Waals surface area contributed by atoms with Crippen LogP contribution < -0.4 is 0 Å². The van der Waals surface area contributed by atoms with E-state index in [0.29, 0.717) is 0 Å². The second-order valence-electron chi connectivity index (χ2n) is 31.0. The highest BCUT2D eigenvalue weighted by Gasteiger charge is 2.54. The van der Waals surface area contributed by atoms with Crippen molar-refractivity contribution in [2.75, 3.05) is 0 Å². The zero-order valence-corrected chi connectivity index (χ0v) is 63.4. The first-order valence-electron chi connectivity index (χ1n) is 40.2. The third kappa shape index (κ3) is 10.3. The van der Waals surface area contributed by atoms with Gasteiger partial charge in [0.25, 0.3) is 0 Å². The minimum Gasteiger partial charge on any atom is -0.0619 e. The van der Waals surface area contributed by atoms with Crippen LogP contribution in [0.15, 0.2) is 461 Å². The molecule has 21 aromatic rings. The van der Waals surface area contributed by atoms with Gasteiger partial charge in [-0.05, 0) is 210 Å². The van der Waals surface area contributed by atoms with E-state index in [1.807, 2.05) is 0 Å². The van der Waals surface area contributed by atoms with Crippen LogP contribution in [-0.2, 0) is 16.2 Å². The van der Waals surface area contributed by atoms with Gasteiger partial charge in [-0.1, -0.05) is 449 Å². The Morgan fingerprint density at radius 1 is 0.0957 bits per heavy atom. The molecular formula is C115H76. The van der Waals surface area contributed by atoms with Gasteiger partial charge in [-0.2, -0.15) is 0 Å². The molecule has 6 aliphatic carbocycles. The van der Waals surface area contributed by atoms with E-state index in [1.165, 1.54) is 198 Å². The van der Waals surface area contributed by atoms with E-state index < -0.39 is 0 Å². The van der Waals surface area contributed by atoms with Crippen LogP contribution >= 0.6 is 0 Å². The summed E-state index contributed by atoms with van der Waals surface area (Å²) < 4.78 is 0. The van der Waals surface area contributed by atoms with E-state index in [-0.39, 0.29) is 16.2 Å². The predicted octanol–water partition coefficient (Wildman–Crippen LogP) is 29.5. The molecule has 0 saturated heterocycles. The van der Waals surface area contributed by atoms with Crippen LogP contribution in [0.2, 0.25) is 0 Å². The maximum atomic E-state index is 2.31. The SMILES string of the molecule is c1cc2ccc3cccc4ccc(c1)c2c34.c1ccc2c(c1)-c1ccccc1C21c2ccccc2-c2ccccc21.c1ccc2c(c1)-c1ccccc1C21c2ccccc2-c2ccccc21.c1ccc2c(c1)-c1ccccc1C21c2ccccc2-c2ccccc21.c1ccc2cc3ccccc3cc2c1.c1ccc2ccccc2c1. The smallest absolute Gasteiger partial charge is 0.0619 e. The van der Waals surface area contributed by atoms with E-state index in [9.17, 15) is 0 Å². The third-order valence-electron chi connectivity index (χ3n) is 25.4. The lowest BCUT2D eigenvalue weighted by Gasteiger charge is -2.30. The van der Waals surface area contributed by atoms with Crippen molar-refractivity contribution in [3.8, 4) is 66.8 Å². The largest absolute Gasteiger partial charge is 0.0725 e. The predicted molar refractivity (Wildman–Crippen MR) is 484 cm³/mol. The maximum Gasteiger partial charge on any atom is 0.0725 e. The lowest BCUT2D eigenvalue weighted by Crippen LogP contribution is -2.25. The molecule has 0 heterocycles. The molecule has 0 nitrogen and oxygen atoms in total. The molecule has 0 fully saturated rings. The maximum absolute atomic E-state index is 2.31. The Morgan fingerprint density at radius 2 is 0.217 bits per heavy atom. The average molecular weight is 1460 g/mol. The Labute approximate surface area is 670 Å². The van der Waals surface area contributed by atoms with Crippen LogP contribution in [0.3, 0.4) is 0 Å². The zero-order valence-electron chi connectivity index (χ0n) is 63.4. The summed E-state index contributed by atoms with van der Waals surface area (Å²) in [6, 6.07) is 167. The van der Waals surface area contributed by atoms with Crippen molar-refractivity contribution < 1.29 is 0 Å². The fraction of sp³-hybridized carbons (Fsp3) is 0.0261. The van der Waals surface area contributed by atoms with E-state index in [2.05, 4.69) is 461 Å². The third-order valence-corrected chi connectivity index (χ3v) is 25.4. The fourth-order valence-electron chi connectivity index (χ4n) is 20.8. The molecule has 0 unspecified atom stereocenters. The molecule has 0 atom stereocenters. The lowest BCUT2D eigenvalue weighted by atomic mass is 9.70. The van der Waals surface area contributed by atoms with Gasteiger partial charge >= 0.3 is 0 Å². The van der Waals surface area contributed by atoms with Crippen LogP contribution in [0.1, 0.15) is 66.8 Å². The van der Waals surface area contributed by atoms with Gasteiger partial charge in [0.1, 0.15) is 0 Å². The quantitative estimate of drug-likeness (QED) is 0.105. The number of rotatable bonds is 0. The van der Waals surface area contributed by atoms with Crippen molar-refractivity contribution in [3.63, 3.8) is 0 Å². The molecular weight excluding hydrogens is 1380 g/mol. The molecule has 115 heavy (non-hydrogen) atoms. The Hall–Kier alpha value is -14.6. The summed E-state index contributed by atoms with van der Waals surface area (Å²) in [5.74, 6) is 0. The monoisotopic (exact) mass is 1460 g/mol. The first-order valence-corrected chi connectivity index (χ1v) is 40.2. The second kappa shape index (κ2) is 27.4. The van der Waals surface area contributed by atoms with E-state index >= 15 is 0 Å². The Morgan fingerprint density at radius 3 is 0.374 bits per heavy atom. The molecule has 536 valence electrons. The molecule has 3 spiro atoms. The summed E-state index contributed by atoms with van der Waals surface area (Å²) >= 11 is 0. The number of hydrogen-bond donors (Lipinski definition) is 0.